The molecule has 0 unspecified atom stereocenters. The number of hydrogen-bond acceptors (Lipinski definition) is 4. The normalized spacial score (nSPS) is 10.2. The Morgan fingerprint density at radius 3 is 2.89 bits per heavy atom. The van der Waals surface area contributed by atoms with Crippen molar-refractivity contribution in [2.24, 2.45) is 0 Å². The number of nitrogen functional groups attached to an aromatic ring is 1. The van der Waals surface area contributed by atoms with Crippen LogP contribution in [0.5, 0.6) is 0 Å². The number of hydrogen-bond donors (Lipinski definition) is 2. The summed E-state index contributed by atoms with van der Waals surface area (Å²) >= 11 is 0. The number of nitrogens with zero attached hydrogens (tertiary/aromatic N) is 2. The highest BCUT2D eigenvalue weighted by molar-refractivity contribution is 5.89. The zero-order valence-corrected chi connectivity index (χ0v) is 9.84. The van der Waals surface area contributed by atoms with Gasteiger partial charge in [-0.2, -0.15) is 4.39 Å². The minimum atomic E-state index is -0.695. The summed E-state index contributed by atoms with van der Waals surface area (Å²) in [6.45, 7) is -0.220. The predicted octanol–water partition coefficient (Wildman–Crippen LogP) is 0.603. The maximum absolute atomic E-state index is 12.8. The van der Waals surface area contributed by atoms with Crippen LogP contribution in [0.4, 0.5) is 15.9 Å². The summed E-state index contributed by atoms with van der Waals surface area (Å²) in [5.74, 6) is -1.10. The van der Waals surface area contributed by atoms with E-state index in [-0.39, 0.29) is 17.9 Å². The minimum absolute atomic E-state index is 0.0851. The Morgan fingerprint density at radius 2 is 2.16 bits per heavy atom. The van der Waals surface area contributed by atoms with Gasteiger partial charge >= 0.3 is 0 Å². The highest BCUT2D eigenvalue weighted by Gasteiger charge is 2.06. The quantitative estimate of drug-likeness (QED) is 0.793. The van der Waals surface area contributed by atoms with Gasteiger partial charge in [-0.3, -0.25) is 9.59 Å². The van der Waals surface area contributed by atoms with Crippen LogP contribution in [-0.2, 0) is 11.3 Å². The molecule has 19 heavy (non-hydrogen) atoms. The van der Waals surface area contributed by atoms with Crippen LogP contribution in [0.1, 0.15) is 0 Å². The van der Waals surface area contributed by atoms with Crippen molar-refractivity contribution in [3.63, 3.8) is 0 Å². The first-order valence-electron chi connectivity index (χ1n) is 5.43. The molecule has 0 spiro atoms. The molecule has 2 rings (SSSR count). The maximum atomic E-state index is 12.8. The zero-order valence-electron chi connectivity index (χ0n) is 9.84. The molecule has 2 heterocycles. The topological polar surface area (TPSA) is 90.0 Å². The molecule has 7 heteroatoms. The number of halogens is 1. The van der Waals surface area contributed by atoms with Gasteiger partial charge < -0.3 is 15.6 Å². The highest BCUT2D eigenvalue weighted by Crippen LogP contribution is 2.03. The monoisotopic (exact) mass is 262 g/mol. The highest BCUT2D eigenvalue weighted by atomic mass is 19.1. The van der Waals surface area contributed by atoms with E-state index in [1.807, 2.05) is 0 Å². The summed E-state index contributed by atoms with van der Waals surface area (Å²) < 4.78 is 14.0. The number of carbonyl (C=O) groups is 1. The number of aromatic nitrogens is 2. The second-order valence-corrected chi connectivity index (χ2v) is 3.82. The van der Waals surface area contributed by atoms with E-state index in [0.717, 1.165) is 10.6 Å². The average molecular weight is 262 g/mol. The Balaban J connectivity index is 2.09. The van der Waals surface area contributed by atoms with Gasteiger partial charge in [0, 0.05) is 18.0 Å². The Morgan fingerprint density at radius 1 is 1.37 bits per heavy atom. The lowest BCUT2D eigenvalue weighted by Crippen LogP contribution is -2.27. The first kappa shape index (κ1) is 12.7. The van der Waals surface area contributed by atoms with Gasteiger partial charge in [0.2, 0.25) is 11.9 Å². The minimum Gasteiger partial charge on any atom is -0.398 e. The number of anilines is 2. The Kier molecular flexibility index (Phi) is 3.56. The molecule has 0 aromatic carbocycles. The van der Waals surface area contributed by atoms with Crippen molar-refractivity contribution in [3.05, 3.63) is 52.8 Å². The van der Waals surface area contributed by atoms with Gasteiger partial charge in [0.05, 0.1) is 0 Å². The van der Waals surface area contributed by atoms with Crippen LogP contribution < -0.4 is 16.6 Å². The third-order valence-corrected chi connectivity index (χ3v) is 2.30. The molecule has 3 N–H and O–H groups in total. The van der Waals surface area contributed by atoms with Gasteiger partial charge in [-0.1, -0.05) is 6.07 Å². The van der Waals surface area contributed by atoms with E-state index in [1.54, 1.807) is 0 Å². The fourth-order valence-electron chi connectivity index (χ4n) is 1.49. The molecule has 1 amide bonds. The molecule has 98 valence electrons. The number of carbonyl (C=O) groups excluding carboxylic acids is 1. The first-order chi connectivity index (χ1) is 9.04. The largest absolute Gasteiger partial charge is 0.398 e. The lowest BCUT2D eigenvalue weighted by Gasteiger charge is -2.07. The summed E-state index contributed by atoms with van der Waals surface area (Å²) in [5.41, 5.74) is 5.54. The molecule has 0 saturated carbocycles. The van der Waals surface area contributed by atoms with Crippen molar-refractivity contribution in [2.75, 3.05) is 11.1 Å². The zero-order chi connectivity index (χ0) is 13.8. The molecular formula is C12H11FN4O2. The third kappa shape index (κ3) is 3.38. The van der Waals surface area contributed by atoms with E-state index in [0.29, 0.717) is 5.69 Å². The number of nitrogens with one attached hydrogen (secondary N) is 1. The van der Waals surface area contributed by atoms with E-state index in [1.165, 1.54) is 30.5 Å². The van der Waals surface area contributed by atoms with Crippen molar-refractivity contribution in [2.45, 2.75) is 6.54 Å². The second-order valence-electron chi connectivity index (χ2n) is 3.82. The van der Waals surface area contributed by atoms with Crippen LogP contribution in [-0.4, -0.2) is 15.5 Å². The van der Waals surface area contributed by atoms with Crippen LogP contribution in [0.3, 0.4) is 0 Å². The number of rotatable bonds is 3. The van der Waals surface area contributed by atoms with Crippen LogP contribution in [0.15, 0.2) is 41.3 Å². The fraction of sp³-hybridized carbons (Fsp3) is 0.0833. The Hall–Kier alpha value is -2.70. The average Bonchev–Trinajstić information content (AvgIpc) is 2.34. The van der Waals surface area contributed by atoms with Crippen LogP contribution >= 0.6 is 0 Å². The van der Waals surface area contributed by atoms with E-state index in [2.05, 4.69) is 10.3 Å². The molecule has 6 nitrogen and oxygen atoms in total. The van der Waals surface area contributed by atoms with Gasteiger partial charge in [-0.15, -0.1) is 0 Å². The molecule has 0 radical (unpaired) electrons. The molecule has 0 atom stereocenters. The predicted molar refractivity (Wildman–Crippen MR) is 67.9 cm³/mol. The molecule has 0 fully saturated rings. The standard InChI is InChI=1S/C12H11FN4O2/c13-9-2-1-3-10(15-9)16-11(18)7-17-6-8(14)4-5-12(17)19/h1-6H,7,14H2,(H,15,16,18). The van der Waals surface area contributed by atoms with E-state index in [9.17, 15) is 14.0 Å². The van der Waals surface area contributed by atoms with E-state index in [4.69, 9.17) is 5.73 Å². The fourth-order valence-corrected chi connectivity index (χ4v) is 1.49. The first-order valence-corrected chi connectivity index (χ1v) is 5.43. The summed E-state index contributed by atoms with van der Waals surface area (Å²) in [6, 6.07) is 6.75. The molecule has 0 bridgehead atoms. The van der Waals surface area contributed by atoms with Gasteiger partial charge in [-0.05, 0) is 18.2 Å². The third-order valence-electron chi connectivity index (χ3n) is 2.30. The Bertz CT molecular complexity index is 669. The SMILES string of the molecule is Nc1ccc(=O)n(CC(=O)Nc2cccc(F)n2)c1. The van der Waals surface area contributed by atoms with E-state index < -0.39 is 11.9 Å². The number of pyridine rings is 2. The van der Waals surface area contributed by atoms with E-state index >= 15 is 0 Å². The number of nitrogens with two attached hydrogens (primary N) is 1. The lowest BCUT2D eigenvalue weighted by molar-refractivity contribution is -0.116. The van der Waals surface area contributed by atoms with Crippen LogP contribution in [0.2, 0.25) is 0 Å². The lowest BCUT2D eigenvalue weighted by atomic mass is 10.4. The second kappa shape index (κ2) is 5.30. The number of amides is 1. The van der Waals surface area contributed by atoms with Gasteiger partial charge in [-0.25, -0.2) is 4.98 Å². The van der Waals surface area contributed by atoms with Crippen LogP contribution in [0.25, 0.3) is 0 Å². The summed E-state index contributed by atoms with van der Waals surface area (Å²) in [7, 11) is 0. The van der Waals surface area contributed by atoms with Crippen molar-refractivity contribution in [1.29, 1.82) is 0 Å². The van der Waals surface area contributed by atoms with Gasteiger partial charge in [0.25, 0.3) is 5.56 Å². The maximum Gasteiger partial charge on any atom is 0.251 e. The van der Waals surface area contributed by atoms with Crippen molar-refractivity contribution in [1.82, 2.24) is 9.55 Å². The summed E-state index contributed by atoms with van der Waals surface area (Å²) in [4.78, 5) is 26.6. The summed E-state index contributed by atoms with van der Waals surface area (Å²) in [5, 5.41) is 2.39. The van der Waals surface area contributed by atoms with Crippen molar-refractivity contribution >= 4 is 17.4 Å². The molecule has 0 aliphatic carbocycles. The van der Waals surface area contributed by atoms with Crippen molar-refractivity contribution < 1.29 is 9.18 Å². The molecular weight excluding hydrogens is 251 g/mol. The van der Waals surface area contributed by atoms with Crippen molar-refractivity contribution in [3.8, 4) is 0 Å². The smallest absolute Gasteiger partial charge is 0.251 e. The summed E-state index contributed by atoms with van der Waals surface area (Å²) in [6.07, 6.45) is 1.36. The van der Waals surface area contributed by atoms with Gasteiger partial charge in [0.15, 0.2) is 0 Å². The molecule has 2 aromatic heterocycles. The van der Waals surface area contributed by atoms with Gasteiger partial charge in [0.1, 0.15) is 12.4 Å². The Labute approximate surface area is 107 Å². The molecule has 0 aliphatic heterocycles. The molecule has 0 saturated heterocycles. The molecule has 0 aliphatic rings. The molecule has 2 aromatic rings. The van der Waals surface area contributed by atoms with Crippen LogP contribution in [0, 0.1) is 5.95 Å².